The van der Waals surface area contributed by atoms with Gasteiger partial charge in [0.05, 0.1) is 17.8 Å². The minimum atomic E-state index is -0.394. The molecule has 2 heterocycles. The molecule has 1 fully saturated rings. The van der Waals surface area contributed by atoms with E-state index in [9.17, 15) is 14.4 Å². The van der Waals surface area contributed by atoms with Gasteiger partial charge in [-0.2, -0.15) is 0 Å². The number of hydrogen-bond acceptors (Lipinski definition) is 3. The quantitative estimate of drug-likeness (QED) is 0.852. The molecule has 0 aromatic heterocycles. The van der Waals surface area contributed by atoms with Crippen LogP contribution in [0, 0.1) is 0 Å². The molecule has 1 N–H and O–H groups in total. The molecule has 1 atom stereocenters. The summed E-state index contributed by atoms with van der Waals surface area (Å²) >= 11 is 0. The van der Waals surface area contributed by atoms with E-state index < -0.39 is 6.04 Å². The monoisotopic (exact) mass is 391 g/mol. The van der Waals surface area contributed by atoms with Crippen molar-refractivity contribution < 1.29 is 14.4 Å². The molecular weight excluding hydrogens is 366 g/mol. The van der Waals surface area contributed by atoms with Gasteiger partial charge < -0.3 is 15.1 Å². The van der Waals surface area contributed by atoms with Gasteiger partial charge in [0.1, 0.15) is 6.04 Å². The number of rotatable bonds is 5. The number of fused-ring (bicyclic) bond motifs is 2. The average Bonchev–Trinajstić information content (AvgIpc) is 3.22. The van der Waals surface area contributed by atoms with E-state index in [0.29, 0.717) is 42.9 Å². The zero-order valence-corrected chi connectivity index (χ0v) is 16.6. The molecule has 150 valence electrons. The summed E-state index contributed by atoms with van der Waals surface area (Å²) < 4.78 is 0. The Hall–Kier alpha value is -3.15. The summed E-state index contributed by atoms with van der Waals surface area (Å²) in [5.74, 6) is -0.200. The molecule has 0 saturated carbocycles. The van der Waals surface area contributed by atoms with E-state index in [1.165, 1.54) is 0 Å². The number of para-hydroxylation sites is 1. The Balaban J connectivity index is 1.62. The summed E-state index contributed by atoms with van der Waals surface area (Å²) in [6, 6.07) is 14.2. The number of amides is 3. The standard InChI is InChI=1S/C23H25N3O3/c1-2-13-24-21(27)17-11-9-16(10-12-17)15-26-19-7-4-3-6-18(19)22(28)25-14-5-8-20(25)23(26)29/h3-4,6-7,9-12,20H,2,5,8,13-15H2,1H3,(H,24,27)/t20-/m1/s1. The second-order valence-electron chi connectivity index (χ2n) is 7.55. The molecule has 0 radical (unpaired) electrons. The average molecular weight is 391 g/mol. The lowest BCUT2D eigenvalue weighted by atomic mass is 10.1. The zero-order valence-electron chi connectivity index (χ0n) is 16.6. The molecule has 6 nitrogen and oxygen atoms in total. The summed E-state index contributed by atoms with van der Waals surface area (Å²) in [4.78, 5) is 41.8. The second kappa shape index (κ2) is 8.07. The van der Waals surface area contributed by atoms with Crippen molar-refractivity contribution in [2.75, 3.05) is 18.0 Å². The first-order valence-electron chi connectivity index (χ1n) is 10.2. The predicted octanol–water partition coefficient (Wildman–Crippen LogP) is 2.98. The predicted molar refractivity (Wildman–Crippen MR) is 111 cm³/mol. The summed E-state index contributed by atoms with van der Waals surface area (Å²) in [5.41, 5.74) is 2.74. The van der Waals surface area contributed by atoms with Crippen LogP contribution in [0.3, 0.4) is 0 Å². The van der Waals surface area contributed by atoms with Crippen LogP contribution in [0.4, 0.5) is 5.69 Å². The molecule has 0 bridgehead atoms. The Morgan fingerprint density at radius 3 is 2.62 bits per heavy atom. The highest BCUT2D eigenvalue weighted by molar-refractivity contribution is 6.11. The minimum absolute atomic E-state index is 0.0365. The van der Waals surface area contributed by atoms with Crippen molar-refractivity contribution in [1.29, 1.82) is 0 Å². The molecule has 2 aromatic rings. The molecule has 2 aliphatic rings. The summed E-state index contributed by atoms with van der Waals surface area (Å²) in [6.07, 6.45) is 2.43. The normalized spacial score (nSPS) is 18.3. The fourth-order valence-corrected chi connectivity index (χ4v) is 4.06. The maximum atomic E-state index is 13.3. The lowest BCUT2D eigenvalue weighted by Gasteiger charge is -2.26. The van der Waals surface area contributed by atoms with E-state index in [4.69, 9.17) is 0 Å². The van der Waals surface area contributed by atoms with Gasteiger partial charge in [-0.05, 0) is 49.1 Å². The van der Waals surface area contributed by atoms with Gasteiger partial charge in [-0.15, -0.1) is 0 Å². The molecule has 0 spiro atoms. The first kappa shape index (κ1) is 19.2. The highest BCUT2D eigenvalue weighted by Gasteiger charge is 2.41. The Labute approximate surface area is 170 Å². The largest absolute Gasteiger partial charge is 0.352 e. The molecule has 1 saturated heterocycles. The first-order chi connectivity index (χ1) is 14.1. The van der Waals surface area contributed by atoms with Crippen molar-refractivity contribution in [3.05, 3.63) is 65.2 Å². The molecule has 6 heteroatoms. The molecule has 0 aliphatic carbocycles. The molecule has 3 amide bonds. The highest BCUT2D eigenvalue weighted by Crippen LogP contribution is 2.33. The van der Waals surface area contributed by atoms with Crippen LogP contribution in [0.25, 0.3) is 0 Å². The van der Waals surface area contributed by atoms with E-state index >= 15 is 0 Å². The number of nitrogens with zero attached hydrogens (tertiary/aromatic N) is 2. The molecule has 29 heavy (non-hydrogen) atoms. The third-order valence-corrected chi connectivity index (χ3v) is 5.58. The van der Waals surface area contributed by atoms with Crippen LogP contribution in [0.1, 0.15) is 52.5 Å². The number of benzene rings is 2. The van der Waals surface area contributed by atoms with E-state index in [1.54, 1.807) is 28.0 Å². The lowest BCUT2D eigenvalue weighted by Crippen LogP contribution is -2.44. The van der Waals surface area contributed by atoms with Crippen molar-refractivity contribution in [2.24, 2.45) is 0 Å². The zero-order chi connectivity index (χ0) is 20.4. The number of carbonyl (C=O) groups excluding carboxylic acids is 3. The van der Waals surface area contributed by atoms with Crippen LogP contribution >= 0.6 is 0 Å². The second-order valence-corrected chi connectivity index (χ2v) is 7.55. The maximum absolute atomic E-state index is 13.3. The minimum Gasteiger partial charge on any atom is -0.352 e. The fraction of sp³-hybridized carbons (Fsp3) is 0.348. The molecular formula is C23H25N3O3. The highest BCUT2D eigenvalue weighted by atomic mass is 16.2. The van der Waals surface area contributed by atoms with Crippen LogP contribution < -0.4 is 10.2 Å². The van der Waals surface area contributed by atoms with Gasteiger partial charge in [0, 0.05) is 18.7 Å². The van der Waals surface area contributed by atoms with Crippen LogP contribution in [0.15, 0.2) is 48.5 Å². The van der Waals surface area contributed by atoms with Crippen molar-refractivity contribution in [1.82, 2.24) is 10.2 Å². The smallest absolute Gasteiger partial charge is 0.256 e. The van der Waals surface area contributed by atoms with Gasteiger partial charge in [0.15, 0.2) is 0 Å². The summed E-state index contributed by atoms with van der Waals surface area (Å²) in [5, 5.41) is 2.86. The Morgan fingerprint density at radius 1 is 1.10 bits per heavy atom. The number of hydrogen-bond donors (Lipinski definition) is 1. The van der Waals surface area contributed by atoms with Crippen LogP contribution in [-0.4, -0.2) is 41.8 Å². The van der Waals surface area contributed by atoms with Gasteiger partial charge in [0.25, 0.3) is 11.8 Å². The van der Waals surface area contributed by atoms with Crippen molar-refractivity contribution in [3.8, 4) is 0 Å². The third-order valence-electron chi connectivity index (χ3n) is 5.58. The third kappa shape index (κ3) is 3.62. The SMILES string of the molecule is CCCNC(=O)c1ccc(CN2C(=O)[C@H]3CCCN3C(=O)c3ccccc32)cc1. The van der Waals surface area contributed by atoms with E-state index in [-0.39, 0.29) is 17.7 Å². The van der Waals surface area contributed by atoms with Crippen molar-refractivity contribution in [2.45, 2.75) is 38.8 Å². The Bertz CT molecular complexity index is 939. The molecule has 2 aliphatic heterocycles. The Morgan fingerprint density at radius 2 is 1.86 bits per heavy atom. The van der Waals surface area contributed by atoms with Gasteiger partial charge in [-0.1, -0.05) is 31.2 Å². The van der Waals surface area contributed by atoms with Crippen molar-refractivity contribution >= 4 is 23.4 Å². The van der Waals surface area contributed by atoms with Gasteiger partial charge in [-0.25, -0.2) is 0 Å². The van der Waals surface area contributed by atoms with Crippen molar-refractivity contribution in [3.63, 3.8) is 0 Å². The van der Waals surface area contributed by atoms with Gasteiger partial charge in [0.2, 0.25) is 5.91 Å². The first-order valence-corrected chi connectivity index (χ1v) is 10.2. The lowest BCUT2D eigenvalue weighted by molar-refractivity contribution is -0.122. The molecule has 4 rings (SSSR count). The van der Waals surface area contributed by atoms with Crippen LogP contribution in [-0.2, 0) is 11.3 Å². The van der Waals surface area contributed by atoms with Gasteiger partial charge >= 0.3 is 0 Å². The fourth-order valence-electron chi connectivity index (χ4n) is 4.06. The maximum Gasteiger partial charge on any atom is 0.256 e. The number of nitrogens with one attached hydrogen (secondary N) is 1. The van der Waals surface area contributed by atoms with E-state index in [2.05, 4.69) is 5.32 Å². The van der Waals surface area contributed by atoms with Gasteiger partial charge in [-0.3, -0.25) is 14.4 Å². The van der Waals surface area contributed by atoms with Crippen LogP contribution in [0.2, 0.25) is 0 Å². The van der Waals surface area contributed by atoms with E-state index in [1.807, 2.05) is 37.3 Å². The topological polar surface area (TPSA) is 69.7 Å². The summed E-state index contributed by atoms with van der Waals surface area (Å²) in [6.45, 7) is 3.64. The number of anilines is 1. The molecule has 2 aromatic carbocycles. The van der Waals surface area contributed by atoms with E-state index in [0.717, 1.165) is 18.4 Å². The molecule has 0 unspecified atom stereocenters. The Kier molecular flexibility index (Phi) is 5.34. The summed E-state index contributed by atoms with van der Waals surface area (Å²) in [7, 11) is 0. The number of carbonyl (C=O) groups is 3. The van der Waals surface area contributed by atoms with Crippen LogP contribution in [0.5, 0.6) is 0 Å².